The maximum absolute atomic E-state index is 11.0. The normalized spacial score (nSPS) is 16.2. The third-order valence-electron chi connectivity index (χ3n) is 5.07. The Balaban J connectivity index is 1.56. The first-order valence-electron chi connectivity index (χ1n) is 9.30. The Kier molecular flexibility index (Phi) is 4.05. The molecule has 29 heavy (non-hydrogen) atoms. The van der Waals surface area contributed by atoms with Crippen LogP contribution in [0.15, 0.2) is 84.0 Å². The lowest BCUT2D eigenvalue weighted by Gasteiger charge is -2.23. The number of aromatic nitrogens is 2. The summed E-state index contributed by atoms with van der Waals surface area (Å²) in [5.74, 6) is 0.639. The quantitative estimate of drug-likeness (QED) is 0.404. The Labute approximate surface area is 166 Å². The minimum absolute atomic E-state index is 0.0362. The molecule has 142 valence electrons. The smallest absolute Gasteiger partial charge is 0.271 e. The number of imidazole rings is 1. The second-order valence-electron chi connectivity index (χ2n) is 6.90. The molecular weight excluding hydrogens is 366 g/mol. The van der Waals surface area contributed by atoms with E-state index in [0.717, 1.165) is 11.4 Å². The zero-order valence-corrected chi connectivity index (χ0v) is 15.4. The first-order valence-corrected chi connectivity index (χ1v) is 9.30. The molecule has 0 saturated heterocycles. The minimum Gasteiger partial charge on any atom is -0.337 e. The van der Waals surface area contributed by atoms with E-state index in [2.05, 4.69) is 22.1 Å². The van der Waals surface area contributed by atoms with Crippen molar-refractivity contribution in [1.82, 2.24) is 9.97 Å². The standard InChI is InChI=1S/C22H17N5O2/c28-27(29)17-11-12-18-19(13-17)24-22(23-18)20-14-21(15-7-3-1-4-8-15)26(25-20)16-9-5-2-6-10-16/h1-13,21H,14H2,(H,23,24)/t21-/m0/s1. The summed E-state index contributed by atoms with van der Waals surface area (Å²) in [6.45, 7) is 0. The number of rotatable bonds is 4. The fourth-order valence-electron chi connectivity index (χ4n) is 3.65. The number of benzene rings is 3. The van der Waals surface area contributed by atoms with Gasteiger partial charge in [0, 0.05) is 18.6 Å². The highest BCUT2D eigenvalue weighted by molar-refractivity contribution is 6.02. The summed E-state index contributed by atoms with van der Waals surface area (Å²) in [5, 5.41) is 17.9. The molecule has 1 aliphatic heterocycles. The third kappa shape index (κ3) is 3.12. The number of nitrogens with zero attached hydrogens (tertiary/aromatic N) is 4. The highest BCUT2D eigenvalue weighted by Gasteiger charge is 2.31. The van der Waals surface area contributed by atoms with Gasteiger partial charge in [-0.2, -0.15) is 5.10 Å². The molecule has 0 spiro atoms. The number of fused-ring (bicyclic) bond motifs is 1. The summed E-state index contributed by atoms with van der Waals surface area (Å²) in [6, 6.07) is 25.0. The van der Waals surface area contributed by atoms with Gasteiger partial charge in [0.2, 0.25) is 0 Å². The van der Waals surface area contributed by atoms with Crippen molar-refractivity contribution < 1.29 is 4.92 Å². The number of aromatic amines is 1. The molecule has 0 radical (unpaired) electrons. The number of hydrazone groups is 1. The Morgan fingerprint density at radius 1 is 1.00 bits per heavy atom. The molecule has 4 aromatic rings. The van der Waals surface area contributed by atoms with Gasteiger partial charge < -0.3 is 4.98 Å². The van der Waals surface area contributed by atoms with Crippen LogP contribution in [0, 0.1) is 10.1 Å². The molecule has 0 unspecified atom stereocenters. The summed E-state index contributed by atoms with van der Waals surface area (Å²) in [6.07, 6.45) is 0.681. The number of para-hydroxylation sites is 1. The molecule has 0 saturated carbocycles. The van der Waals surface area contributed by atoms with E-state index in [9.17, 15) is 10.1 Å². The number of hydrogen-bond donors (Lipinski definition) is 1. The van der Waals surface area contributed by atoms with Gasteiger partial charge in [-0.25, -0.2) is 4.98 Å². The van der Waals surface area contributed by atoms with Crippen LogP contribution in [0.5, 0.6) is 0 Å². The molecule has 3 aromatic carbocycles. The van der Waals surface area contributed by atoms with E-state index in [1.165, 1.54) is 17.7 Å². The molecule has 7 heteroatoms. The number of hydrogen-bond acceptors (Lipinski definition) is 5. The molecule has 5 rings (SSSR count). The second kappa shape index (κ2) is 6.87. The first kappa shape index (κ1) is 17.1. The number of non-ortho nitro benzene ring substituents is 1. The van der Waals surface area contributed by atoms with Gasteiger partial charge in [0.15, 0.2) is 5.82 Å². The summed E-state index contributed by atoms with van der Waals surface area (Å²) in [5.41, 5.74) is 4.34. The van der Waals surface area contributed by atoms with Crippen LogP contribution in [0.4, 0.5) is 11.4 Å². The van der Waals surface area contributed by atoms with Crippen molar-refractivity contribution >= 4 is 28.1 Å². The monoisotopic (exact) mass is 383 g/mol. The zero-order chi connectivity index (χ0) is 19.8. The SMILES string of the molecule is O=[N+]([O-])c1ccc2nc(C3=NN(c4ccccc4)[C@H](c4ccccc4)C3)[nH]c2c1. The number of nitro groups is 1. The second-order valence-corrected chi connectivity index (χ2v) is 6.90. The molecule has 0 bridgehead atoms. The average molecular weight is 383 g/mol. The highest BCUT2D eigenvalue weighted by Crippen LogP contribution is 2.36. The van der Waals surface area contributed by atoms with Gasteiger partial charge in [0.1, 0.15) is 5.71 Å². The van der Waals surface area contributed by atoms with Crippen LogP contribution >= 0.6 is 0 Å². The fraction of sp³-hybridized carbons (Fsp3) is 0.0909. The van der Waals surface area contributed by atoms with Crippen LogP contribution in [-0.4, -0.2) is 20.6 Å². The van der Waals surface area contributed by atoms with Crippen LogP contribution in [-0.2, 0) is 0 Å². The average Bonchev–Trinajstić information content (AvgIpc) is 3.39. The summed E-state index contributed by atoms with van der Waals surface area (Å²) < 4.78 is 0. The van der Waals surface area contributed by atoms with E-state index in [-0.39, 0.29) is 11.7 Å². The topological polar surface area (TPSA) is 87.4 Å². The molecule has 7 nitrogen and oxygen atoms in total. The Morgan fingerprint density at radius 3 is 2.45 bits per heavy atom. The maximum atomic E-state index is 11.0. The third-order valence-corrected chi connectivity index (χ3v) is 5.07. The van der Waals surface area contributed by atoms with Crippen LogP contribution in [0.25, 0.3) is 11.0 Å². The molecule has 2 heterocycles. The molecule has 1 aromatic heterocycles. The molecular formula is C22H17N5O2. The predicted octanol–water partition coefficient (Wildman–Crippen LogP) is 4.83. The Bertz CT molecular complexity index is 1220. The lowest BCUT2D eigenvalue weighted by atomic mass is 10.0. The molecule has 1 N–H and O–H groups in total. The Morgan fingerprint density at radius 2 is 1.72 bits per heavy atom. The van der Waals surface area contributed by atoms with E-state index in [4.69, 9.17) is 5.10 Å². The summed E-state index contributed by atoms with van der Waals surface area (Å²) in [4.78, 5) is 18.5. The van der Waals surface area contributed by atoms with Crippen molar-refractivity contribution in [3.63, 3.8) is 0 Å². The van der Waals surface area contributed by atoms with E-state index < -0.39 is 4.92 Å². The molecule has 1 atom stereocenters. The summed E-state index contributed by atoms with van der Waals surface area (Å²) in [7, 11) is 0. The lowest BCUT2D eigenvalue weighted by Crippen LogP contribution is -2.18. The number of nitrogens with one attached hydrogen (secondary N) is 1. The number of anilines is 1. The lowest BCUT2D eigenvalue weighted by molar-refractivity contribution is -0.384. The van der Waals surface area contributed by atoms with Gasteiger partial charge in [-0.15, -0.1) is 0 Å². The van der Waals surface area contributed by atoms with E-state index in [0.29, 0.717) is 23.3 Å². The maximum Gasteiger partial charge on any atom is 0.271 e. The van der Waals surface area contributed by atoms with Gasteiger partial charge in [-0.3, -0.25) is 15.1 Å². The van der Waals surface area contributed by atoms with Gasteiger partial charge in [0.25, 0.3) is 5.69 Å². The van der Waals surface area contributed by atoms with Gasteiger partial charge in [0.05, 0.1) is 27.7 Å². The van der Waals surface area contributed by atoms with Crippen LogP contribution < -0.4 is 5.01 Å². The van der Waals surface area contributed by atoms with Crippen LogP contribution in [0.2, 0.25) is 0 Å². The van der Waals surface area contributed by atoms with Crippen molar-refractivity contribution in [2.24, 2.45) is 5.10 Å². The number of H-pyrrole nitrogens is 1. The fourth-order valence-corrected chi connectivity index (χ4v) is 3.65. The zero-order valence-electron chi connectivity index (χ0n) is 15.4. The van der Waals surface area contributed by atoms with Crippen molar-refractivity contribution in [3.8, 4) is 0 Å². The van der Waals surface area contributed by atoms with Crippen molar-refractivity contribution in [1.29, 1.82) is 0 Å². The van der Waals surface area contributed by atoms with Crippen molar-refractivity contribution in [2.75, 3.05) is 5.01 Å². The van der Waals surface area contributed by atoms with E-state index in [1.807, 2.05) is 53.5 Å². The predicted molar refractivity (Wildman–Crippen MR) is 112 cm³/mol. The summed E-state index contributed by atoms with van der Waals surface area (Å²) >= 11 is 0. The largest absolute Gasteiger partial charge is 0.337 e. The Hall–Kier alpha value is -4.00. The number of nitro benzene ring substituents is 1. The van der Waals surface area contributed by atoms with Crippen LogP contribution in [0.3, 0.4) is 0 Å². The highest BCUT2D eigenvalue weighted by atomic mass is 16.6. The molecule has 0 amide bonds. The minimum atomic E-state index is -0.407. The van der Waals surface area contributed by atoms with Crippen LogP contribution in [0.1, 0.15) is 23.9 Å². The van der Waals surface area contributed by atoms with Gasteiger partial charge in [-0.05, 0) is 23.8 Å². The van der Waals surface area contributed by atoms with Crippen molar-refractivity contribution in [2.45, 2.75) is 12.5 Å². The van der Waals surface area contributed by atoms with Crippen molar-refractivity contribution in [3.05, 3.63) is 100 Å². The van der Waals surface area contributed by atoms with E-state index >= 15 is 0 Å². The molecule has 0 aliphatic carbocycles. The molecule has 0 fully saturated rings. The first-order chi connectivity index (χ1) is 14.2. The van der Waals surface area contributed by atoms with Gasteiger partial charge >= 0.3 is 0 Å². The van der Waals surface area contributed by atoms with E-state index in [1.54, 1.807) is 6.07 Å². The molecule has 1 aliphatic rings. The van der Waals surface area contributed by atoms with Gasteiger partial charge in [-0.1, -0.05) is 48.5 Å².